The summed E-state index contributed by atoms with van der Waals surface area (Å²) in [5.74, 6) is 1.11. The summed E-state index contributed by atoms with van der Waals surface area (Å²) in [6.45, 7) is 5.02. The van der Waals surface area contributed by atoms with E-state index in [0.717, 1.165) is 57.0 Å². The maximum absolute atomic E-state index is 13.0. The summed E-state index contributed by atoms with van der Waals surface area (Å²) in [5.41, 5.74) is 4.16. The quantitative estimate of drug-likeness (QED) is 0.826. The van der Waals surface area contributed by atoms with E-state index in [1.54, 1.807) is 0 Å². The maximum Gasteiger partial charge on any atom is 0.226 e. The van der Waals surface area contributed by atoms with Crippen molar-refractivity contribution in [3.8, 4) is 6.07 Å². The zero-order chi connectivity index (χ0) is 18.8. The van der Waals surface area contributed by atoms with Gasteiger partial charge >= 0.3 is 0 Å². The minimum atomic E-state index is 0.0712. The van der Waals surface area contributed by atoms with E-state index in [9.17, 15) is 10.1 Å². The number of fused-ring (bicyclic) bond motifs is 1. The normalized spacial score (nSPS) is 17.3. The molecule has 1 fully saturated rings. The second kappa shape index (κ2) is 7.40. The van der Waals surface area contributed by atoms with Gasteiger partial charge in [0.2, 0.25) is 5.91 Å². The van der Waals surface area contributed by atoms with Crippen molar-refractivity contribution in [2.75, 3.05) is 24.5 Å². The van der Waals surface area contributed by atoms with Gasteiger partial charge in [0.25, 0.3) is 0 Å². The predicted octanol–water partition coefficient (Wildman–Crippen LogP) is 3.06. The molecule has 138 valence electrons. The minimum absolute atomic E-state index is 0.0712. The third-order valence-electron chi connectivity index (χ3n) is 5.72. The number of anilines is 1. The topological polar surface area (TPSA) is 60.2 Å². The molecule has 0 unspecified atom stereocenters. The lowest BCUT2D eigenvalue weighted by atomic mass is 9.93. The largest absolute Gasteiger partial charge is 0.355 e. The zero-order valence-electron chi connectivity index (χ0n) is 15.7. The molecule has 1 amide bonds. The first-order chi connectivity index (χ1) is 13.2. The fourth-order valence-corrected chi connectivity index (χ4v) is 4.15. The standard InChI is InChI=1S/C22H24N4O/c1-16-6-7-19(14-23)21(24-16)25-11-9-18(10-12-25)22(27)26-13-8-17-4-2-3-5-20(17)15-26/h2-7,18H,8-13,15H2,1H3. The van der Waals surface area contributed by atoms with E-state index < -0.39 is 0 Å². The van der Waals surface area contributed by atoms with Crippen LogP contribution in [-0.2, 0) is 17.8 Å². The SMILES string of the molecule is Cc1ccc(C#N)c(N2CCC(C(=O)N3CCc4ccccc4C3)CC2)n1. The van der Waals surface area contributed by atoms with Crippen LogP contribution in [0, 0.1) is 24.2 Å². The molecular weight excluding hydrogens is 336 g/mol. The van der Waals surface area contributed by atoms with Gasteiger partial charge in [-0.1, -0.05) is 24.3 Å². The molecule has 1 aromatic heterocycles. The Balaban J connectivity index is 1.41. The lowest BCUT2D eigenvalue weighted by molar-refractivity contribution is -0.137. The lowest BCUT2D eigenvalue weighted by Crippen LogP contribution is -2.44. The van der Waals surface area contributed by atoms with E-state index in [0.29, 0.717) is 5.56 Å². The summed E-state index contributed by atoms with van der Waals surface area (Å²) in [6.07, 6.45) is 2.58. The van der Waals surface area contributed by atoms with Crippen LogP contribution in [0.3, 0.4) is 0 Å². The fourth-order valence-electron chi connectivity index (χ4n) is 4.15. The molecule has 3 heterocycles. The first-order valence-electron chi connectivity index (χ1n) is 9.64. The van der Waals surface area contributed by atoms with Gasteiger partial charge in [-0.3, -0.25) is 4.79 Å². The van der Waals surface area contributed by atoms with Crippen LogP contribution in [0.15, 0.2) is 36.4 Å². The average molecular weight is 360 g/mol. The number of hydrogen-bond acceptors (Lipinski definition) is 4. The number of amides is 1. The predicted molar refractivity (Wildman–Crippen MR) is 104 cm³/mol. The van der Waals surface area contributed by atoms with Gasteiger partial charge in [0.15, 0.2) is 0 Å². The maximum atomic E-state index is 13.0. The molecule has 0 aliphatic carbocycles. The number of carbonyl (C=O) groups is 1. The molecule has 2 aromatic rings. The summed E-state index contributed by atoms with van der Waals surface area (Å²) >= 11 is 0. The molecule has 0 bridgehead atoms. The van der Waals surface area contributed by atoms with E-state index in [-0.39, 0.29) is 11.8 Å². The third kappa shape index (κ3) is 3.52. The number of carbonyl (C=O) groups excluding carboxylic acids is 1. The Bertz CT molecular complexity index is 893. The molecule has 1 aromatic carbocycles. The summed E-state index contributed by atoms with van der Waals surface area (Å²) in [5, 5.41) is 9.35. The van der Waals surface area contributed by atoms with E-state index in [1.165, 1.54) is 11.1 Å². The second-order valence-corrected chi connectivity index (χ2v) is 7.48. The van der Waals surface area contributed by atoms with Crippen LogP contribution >= 0.6 is 0 Å². The Labute approximate surface area is 160 Å². The van der Waals surface area contributed by atoms with Crippen LogP contribution in [-0.4, -0.2) is 35.4 Å². The van der Waals surface area contributed by atoms with Crippen molar-refractivity contribution in [2.24, 2.45) is 5.92 Å². The summed E-state index contributed by atoms with van der Waals surface area (Å²) in [4.78, 5) is 21.8. The number of piperidine rings is 1. The van der Waals surface area contributed by atoms with E-state index in [1.807, 2.05) is 30.0 Å². The first kappa shape index (κ1) is 17.5. The minimum Gasteiger partial charge on any atom is -0.355 e. The molecule has 0 atom stereocenters. The molecular formula is C22H24N4O. The van der Waals surface area contributed by atoms with Gasteiger partial charge in [-0.2, -0.15) is 5.26 Å². The number of aryl methyl sites for hydroxylation is 1. The smallest absolute Gasteiger partial charge is 0.226 e. The van der Waals surface area contributed by atoms with E-state index in [4.69, 9.17) is 0 Å². The van der Waals surface area contributed by atoms with Crippen molar-refractivity contribution in [1.29, 1.82) is 5.26 Å². The van der Waals surface area contributed by atoms with Crippen LogP contribution in [0.4, 0.5) is 5.82 Å². The molecule has 2 aliphatic heterocycles. The van der Waals surface area contributed by atoms with Gasteiger partial charge in [-0.25, -0.2) is 4.98 Å². The molecule has 4 rings (SSSR count). The summed E-state index contributed by atoms with van der Waals surface area (Å²) in [7, 11) is 0. The highest BCUT2D eigenvalue weighted by Gasteiger charge is 2.31. The highest BCUT2D eigenvalue weighted by atomic mass is 16.2. The van der Waals surface area contributed by atoms with Crippen molar-refractivity contribution in [3.63, 3.8) is 0 Å². The van der Waals surface area contributed by atoms with E-state index >= 15 is 0 Å². The molecule has 5 heteroatoms. The monoisotopic (exact) mass is 360 g/mol. The number of benzene rings is 1. The van der Waals surface area contributed by atoms with Gasteiger partial charge in [0.05, 0.1) is 5.56 Å². The number of aromatic nitrogens is 1. The molecule has 0 N–H and O–H groups in total. The Kier molecular flexibility index (Phi) is 4.81. The van der Waals surface area contributed by atoms with Gasteiger partial charge in [-0.05, 0) is 49.4 Å². The summed E-state index contributed by atoms with van der Waals surface area (Å²) < 4.78 is 0. The first-order valence-corrected chi connectivity index (χ1v) is 9.64. The molecule has 0 saturated carbocycles. The van der Waals surface area contributed by atoms with Crippen molar-refractivity contribution < 1.29 is 4.79 Å². The van der Waals surface area contributed by atoms with Gasteiger partial charge in [0, 0.05) is 37.8 Å². The Morgan fingerprint density at radius 3 is 2.59 bits per heavy atom. The van der Waals surface area contributed by atoms with E-state index in [2.05, 4.69) is 34.2 Å². The van der Waals surface area contributed by atoms with Crippen LogP contribution in [0.5, 0.6) is 0 Å². The van der Waals surface area contributed by atoms with Gasteiger partial charge in [0.1, 0.15) is 11.9 Å². The Morgan fingerprint density at radius 1 is 1.11 bits per heavy atom. The number of rotatable bonds is 2. The van der Waals surface area contributed by atoms with Gasteiger partial charge in [-0.15, -0.1) is 0 Å². The number of pyridine rings is 1. The van der Waals surface area contributed by atoms with Crippen molar-refractivity contribution in [3.05, 3.63) is 58.8 Å². The molecule has 5 nitrogen and oxygen atoms in total. The van der Waals surface area contributed by atoms with Crippen molar-refractivity contribution >= 4 is 11.7 Å². The highest BCUT2D eigenvalue weighted by molar-refractivity contribution is 5.79. The third-order valence-corrected chi connectivity index (χ3v) is 5.72. The molecule has 1 saturated heterocycles. The highest BCUT2D eigenvalue weighted by Crippen LogP contribution is 2.28. The molecule has 2 aliphatic rings. The Hall–Kier alpha value is -2.87. The average Bonchev–Trinajstić information content (AvgIpc) is 2.73. The van der Waals surface area contributed by atoms with Gasteiger partial charge < -0.3 is 9.80 Å². The zero-order valence-corrected chi connectivity index (χ0v) is 15.7. The van der Waals surface area contributed by atoms with Crippen LogP contribution in [0.25, 0.3) is 0 Å². The fraction of sp³-hybridized carbons (Fsp3) is 0.409. The second-order valence-electron chi connectivity index (χ2n) is 7.48. The molecule has 27 heavy (non-hydrogen) atoms. The summed E-state index contributed by atoms with van der Waals surface area (Å²) in [6, 6.07) is 14.3. The number of nitriles is 1. The lowest BCUT2D eigenvalue weighted by Gasteiger charge is -2.36. The van der Waals surface area contributed by atoms with Crippen molar-refractivity contribution in [2.45, 2.75) is 32.7 Å². The van der Waals surface area contributed by atoms with Crippen LogP contribution in [0.1, 0.15) is 35.2 Å². The van der Waals surface area contributed by atoms with Crippen LogP contribution in [0.2, 0.25) is 0 Å². The Morgan fingerprint density at radius 2 is 1.85 bits per heavy atom. The van der Waals surface area contributed by atoms with Crippen molar-refractivity contribution in [1.82, 2.24) is 9.88 Å². The van der Waals surface area contributed by atoms with Crippen LogP contribution < -0.4 is 4.90 Å². The molecule has 0 spiro atoms. The number of nitrogens with zero attached hydrogens (tertiary/aromatic N) is 4. The number of hydrogen-bond donors (Lipinski definition) is 0. The molecule has 0 radical (unpaired) electrons.